The molecule has 0 bridgehead atoms. The Bertz CT molecular complexity index is 1130. The van der Waals surface area contributed by atoms with Crippen molar-refractivity contribution in [2.24, 2.45) is 7.05 Å². The molecule has 0 aromatic carbocycles. The van der Waals surface area contributed by atoms with Gasteiger partial charge in [0.25, 0.3) is 0 Å². The summed E-state index contributed by atoms with van der Waals surface area (Å²) in [6.07, 6.45) is 5.24. The Hall–Kier alpha value is -2.35. The third kappa shape index (κ3) is 2.28. The van der Waals surface area contributed by atoms with Crippen molar-refractivity contribution in [3.8, 4) is 11.3 Å². The molecule has 1 N–H and O–H groups in total. The minimum Gasteiger partial charge on any atom is -0.382 e. The van der Waals surface area contributed by atoms with Gasteiger partial charge in [-0.2, -0.15) is 5.10 Å². The lowest BCUT2D eigenvalue weighted by atomic mass is 9.76. The molecule has 5 rings (SSSR count). The molecule has 1 aliphatic carbocycles. The van der Waals surface area contributed by atoms with Crippen LogP contribution in [0.2, 0.25) is 0 Å². The summed E-state index contributed by atoms with van der Waals surface area (Å²) in [6, 6.07) is 8.13. The van der Waals surface area contributed by atoms with Crippen LogP contribution in [-0.4, -0.2) is 38.1 Å². The van der Waals surface area contributed by atoms with Crippen molar-refractivity contribution in [3.05, 3.63) is 41.5 Å². The first-order valence-corrected chi connectivity index (χ1v) is 9.34. The van der Waals surface area contributed by atoms with Crippen LogP contribution in [0.25, 0.3) is 32.5 Å². The Labute approximate surface area is 154 Å². The summed E-state index contributed by atoms with van der Waals surface area (Å²) in [6.45, 7) is 0. The Kier molecular flexibility index (Phi) is 3.40. The van der Waals surface area contributed by atoms with Gasteiger partial charge in [0.15, 0.2) is 5.65 Å². The third-order valence-electron chi connectivity index (χ3n) is 5.18. The summed E-state index contributed by atoms with van der Waals surface area (Å²) in [7, 11) is 3.54. The van der Waals surface area contributed by atoms with Gasteiger partial charge in [-0.1, -0.05) is 0 Å². The first kappa shape index (κ1) is 15.9. The quantitative estimate of drug-likeness (QED) is 0.603. The zero-order chi connectivity index (χ0) is 17.9. The molecule has 0 radical (unpaired) electrons. The number of aryl methyl sites for hydroxylation is 1. The van der Waals surface area contributed by atoms with Gasteiger partial charge in [-0.15, -0.1) is 11.3 Å². The zero-order valence-corrected chi connectivity index (χ0v) is 15.3. The average Bonchev–Trinajstić information content (AvgIpc) is 3.21. The largest absolute Gasteiger partial charge is 0.382 e. The highest BCUT2D eigenvalue weighted by molar-refractivity contribution is 7.18. The predicted octanol–water partition coefficient (Wildman–Crippen LogP) is 3.24. The van der Waals surface area contributed by atoms with E-state index >= 15 is 0 Å². The molecule has 0 amide bonds. The van der Waals surface area contributed by atoms with Crippen LogP contribution in [0.5, 0.6) is 0 Å². The van der Waals surface area contributed by atoms with Gasteiger partial charge >= 0.3 is 0 Å². The van der Waals surface area contributed by atoms with E-state index in [1.807, 2.05) is 25.4 Å². The average molecular weight is 366 g/mol. The van der Waals surface area contributed by atoms with Crippen molar-refractivity contribution in [2.75, 3.05) is 7.11 Å². The second kappa shape index (κ2) is 5.57. The van der Waals surface area contributed by atoms with Crippen molar-refractivity contribution in [1.29, 1.82) is 0 Å². The second-order valence-corrected chi connectivity index (χ2v) is 7.86. The molecule has 1 saturated carbocycles. The highest BCUT2D eigenvalue weighted by Gasteiger charge is 2.48. The molecule has 2 atom stereocenters. The Morgan fingerprint density at radius 3 is 2.96 bits per heavy atom. The number of hydrogen-bond donors (Lipinski definition) is 1. The molecular formula is C19H18N4O2S. The third-order valence-corrected chi connectivity index (χ3v) is 6.40. The van der Waals surface area contributed by atoms with E-state index in [9.17, 15) is 5.11 Å². The van der Waals surface area contributed by atoms with Crippen LogP contribution in [0.15, 0.2) is 36.7 Å². The summed E-state index contributed by atoms with van der Waals surface area (Å²) in [4.78, 5) is 11.1. The zero-order valence-electron chi connectivity index (χ0n) is 14.5. The number of hydrogen-bond acceptors (Lipinski definition) is 6. The van der Waals surface area contributed by atoms with E-state index in [-0.39, 0.29) is 6.10 Å². The fourth-order valence-electron chi connectivity index (χ4n) is 3.59. The summed E-state index contributed by atoms with van der Waals surface area (Å²) in [5.41, 5.74) is 1.68. The maximum absolute atomic E-state index is 10.9. The van der Waals surface area contributed by atoms with Crippen LogP contribution in [0.1, 0.15) is 17.7 Å². The van der Waals surface area contributed by atoms with Crippen LogP contribution in [0.3, 0.4) is 0 Å². The maximum Gasteiger partial charge on any atom is 0.181 e. The SMILES string of the molecule is CO[C@H]1CC[C@]1(O)c1cc2ccc(-c3cnc4nn(C)cc4c3)nc2s1. The van der Waals surface area contributed by atoms with E-state index in [1.165, 1.54) is 11.3 Å². The summed E-state index contributed by atoms with van der Waals surface area (Å²) in [5, 5.41) is 17.2. The molecule has 1 fully saturated rings. The molecule has 132 valence electrons. The molecule has 0 unspecified atom stereocenters. The van der Waals surface area contributed by atoms with Crippen molar-refractivity contribution in [2.45, 2.75) is 24.5 Å². The molecule has 26 heavy (non-hydrogen) atoms. The van der Waals surface area contributed by atoms with Gasteiger partial charge in [0, 0.05) is 47.8 Å². The number of pyridine rings is 2. The summed E-state index contributed by atoms with van der Waals surface area (Å²) < 4.78 is 7.17. The van der Waals surface area contributed by atoms with Gasteiger partial charge in [-0.05, 0) is 37.1 Å². The Balaban J connectivity index is 1.56. The molecule has 4 aromatic rings. The van der Waals surface area contributed by atoms with Crippen LogP contribution in [-0.2, 0) is 17.4 Å². The van der Waals surface area contributed by atoms with E-state index < -0.39 is 5.60 Å². The summed E-state index contributed by atoms with van der Waals surface area (Å²) >= 11 is 1.54. The molecule has 1 aliphatic rings. The first-order chi connectivity index (χ1) is 12.6. The Morgan fingerprint density at radius 2 is 2.19 bits per heavy atom. The fraction of sp³-hybridized carbons (Fsp3) is 0.316. The minimum atomic E-state index is -0.879. The molecule has 4 aromatic heterocycles. The molecule has 0 aliphatic heterocycles. The number of methoxy groups -OCH3 is 1. The number of fused-ring (bicyclic) bond motifs is 2. The number of ether oxygens (including phenoxy) is 1. The van der Waals surface area contributed by atoms with Crippen molar-refractivity contribution in [1.82, 2.24) is 19.7 Å². The van der Waals surface area contributed by atoms with Gasteiger partial charge in [-0.25, -0.2) is 9.97 Å². The number of thiophene rings is 1. The highest BCUT2D eigenvalue weighted by Crippen LogP contribution is 2.47. The summed E-state index contributed by atoms with van der Waals surface area (Å²) in [5.74, 6) is 0. The van der Waals surface area contributed by atoms with E-state index in [4.69, 9.17) is 9.72 Å². The van der Waals surface area contributed by atoms with Crippen LogP contribution < -0.4 is 0 Å². The number of aromatic nitrogens is 4. The van der Waals surface area contributed by atoms with Gasteiger partial charge in [0.05, 0.1) is 11.8 Å². The minimum absolute atomic E-state index is 0.132. The normalized spacial score (nSPS) is 22.8. The van der Waals surface area contributed by atoms with E-state index in [0.29, 0.717) is 0 Å². The smallest absolute Gasteiger partial charge is 0.181 e. The van der Waals surface area contributed by atoms with Crippen molar-refractivity contribution >= 4 is 32.6 Å². The van der Waals surface area contributed by atoms with Crippen LogP contribution in [0, 0.1) is 0 Å². The lowest BCUT2D eigenvalue weighted by Crippen LogP contribution is -2.49. The lowest BCUT2D eigenvalue weighted by Gasteiger charge is -2.43. The second-order valence-electron chi connectivity index (χ2n) is 6.83. The number of rotatable bonds is 3. The molecule has 4 heterocycles. The van der Waals surface area contributed by atoms with Gasteiger partial charge in [0.2, 0.25) is 0 Å². The maximum atomic E-state index is 10.9. The predicted molar refractivity (Wildman–Crippen MR) is 101 cm³/mol. The standard InChI is InChI=1S/C19H18N4O2S/c1-23-10-13-7-12(9-20-17(13)22-23)14-4-3-11-8-16(26-18(11)21-14)19(24)6-5-15(19)25-2/h3-4,7-10,15,24H,5-6H2,1-2H3/t15-,19+/m0/s1. The lowest BCUT2D eigenvalue weighted by molar-refractivity contribution is -0.164. The topological polar surface area (TPSA) is 73.1 Å². The molecule has 0 spiro atoms. The van der Waals surface area contributed by atoms with E-state index in [0.717, 1.165) is 50.2 Å². The van der Waals surface area contributed by atoms with Crippen molar-refractivity contribution in [3.63, 3.8) is 0 Å². The van der Waals surface area contributed by atoms with Gasteiger partial charge in [-0.3, -0.25) is 4.68 Å². The van der Waals surface area contributed by atoms with E-state index in [1.54, 1.807) is 18.0 Å². The fourth-order valence-corrected chi connectivity index (χ4v) is 4.79. The van der Waals surface area contributed by atoms with Crippen molar-refractivity contribution < 1.29 is 9.84 Å². The monoisotopic (exact) mass is 366 g/mol. The van der Waals surface area contributed by atoms with Crippen LogP contribution in [0.4, 0.5) is 0 Å². The van der Waals surface area contributed by atoms with Crippen LogP contribution >= 0.6 is 11.3 Å². The van der Waals surface area contributed by atoms with E-state index in [2.05, 4.69) is 22.2 Å². The molecular weight excluding hydrogens is 348 g/mol. The first-order valence-electron chi connectivity index (χ1n) is 8.53. The molecule has 6 nitrogen and oxygen atoms in total. The molecule has 0 saturated heterocycles. The van der Waals surface area contributed by atoms with Gasteiger partial charge in [0.1, 0.15) is 10.4 Å². The number of nitrogens with zero attached hydrogens (tertiary/aromatic N) is 4. The number of aliphatic hydroxyl groups is 1. The van der Waals surface area contributed by atoms with Gasteiger partial charge < -0.3 is 9.84 Å². The molecule has 7 heteroatoms. The highest BCUT2D eigenvalue weighted by atomic mass is 32.1. The Morgan fingerprint density at radius 1 is 1.31 bits per heavy atom.